The molecule has 1 aliphatic rings. The number of hydrogen-bond donors (Lipinski definition) is 0. The Morgan fingerprint density at radius 3 is 2.90 bits per heavy atom. The molecule has 1 unspecified atom stereocenters. The lowest BCUT2D eigenvalue weighted by atomic mass is 10.1. The van der Waals surface area contributed by atoms with Crippen LogP contribution in [-0.4, -0.2) is 30.2 Å². The molecule has 1 aliphatic heterocycles. The van der Waals surface area contributed by atoms with Gasteiger partial charge in [0.15, 0.2) is 17.1 Å². The first-order valence-electron chi connectivity index (χ1n) is 6.84. The normalized spacial score (nSPS) is 20.9. The van der Waals surface area contributed by atoms with Gasteiger partial charge in [-0.3, -0.25) is 0 Å². The highest BCUT2D eigenvalue weighted by Gasteiger charge is 2.33. The standard InChI is InChI=1S/C15H20ClNO3S/c1-4-19-14-11(6-5-7-12(14)18-3)9-21-13-8-15(2,10-16)20-17-13/h5-7H,4,8-10H2,1-3H3. The number of rotatable bonds is 6. The van der Waals surface area contributed by atoms with Gasteiger partial charge in [-0.05, 0) is 19.9 Å². The van der Waals surface area contributed by atoms with Crippen LogP contribution in [0.5, 0.6) is 11.5 Å². The van der Waals surface area contributed by atoms with Crippen molar-refractivity contribution >= 4 is 28.4 Å². The molecule has 0 N–H and O–H groups in total. The molecule has 116 valence electrons. The van der Waals surface area contributed by atoms with Crippen molar-refractivity contribution in [1.29, 1.82) is 0 Å². The lowest BCUT2D eigenvalue weighted by Crippen LogP contribution is -2.26. The Balaban J connectivity index is 2.04. The van der Waals surface area contributed by atoms with Gasteiger partial charge in [-0.25, -0.2) is 0 Å². The first-order chi connectivity index (χ1) is 10.1. The van der Waals surface area contributed by atoms with Crippen molar-refractivity contribution in [2.45, 2.75) is 31.6 Å². The molecule has 1 aromatic rings. The lowest BCUT2D eigenvalue weighted by molar-refractivity contribution is 0.0152. The zero-order chi connectivity index (χ0) is 15.3. The summed E-state index contributed by atoms with van der Waals surface area (Å²) in [6.07, 6.45) is 0.745. The topological polar surface area (TPSA) is 40.0 Å². The Labute approximate surface area is 134 Å². The van der Waals surface area contributed by atoms with E-state index in [1.165, 1.54) is 0 Å². The highest BCUT2D eigenvalue weighted by molar-refractivity contribution is 8.13. The van der Waals surface area contributed by atoms with Gasteiger partial charge in [0.2, 0.25) is 0 Å². The van der Waals surface area contributed by atoms with E-state index in [1.54, 1.807) is 18.9 Å². The number of ether oxygens (including phenoxy) is 2. The minimum atomic E-state index is -0.374. The summed E-state index contributed by atoms with van der Waals surface area (Å²) in [5, 5.41) is 5.08. The first-order valence-corrected chi connectivity index (χ1v) is 8.36. The monoisotopic (exact) mass is 329 g/mol. The quantitative estimate of drug-likeness (QED) is 0.738. The number of methoxy groups -OCH3 is 1. The van der Waals surface area contributed by atoms with E-state index in [1.807, 2.05) is 32.0 Å². The van der Waals surface area contributed by atoms with Crippen LogP contribution in [0.3, 0.4) is 0 Å². The zero-order valence-electron chi connectivity index (χ0n) is 12.5. The van der Waals surface area contributed by atoms with Gasteiger partial charge < -0.3 is 14.3 Å². The van der Waals surface area contributed by atoms with E-state index in [0.717, 1.165) is 34.3 Å². The van der Waals surface area contributed by atoms with Crippen LogP contribution >= 0.6 is 23.4 Å². The summed E-state index contributed by atoms with van der Waals surface area (Å²) in [5.74, 6) is 2.75. The summed E-state index contributed by atoms with van der Waals surface area (Å²) < 4.78 is 11.1. The molecule has 0 bridgehead atoms. The molecular formula is C15H20ClNO3S. The van der Waals surface area contributed by atoms with Crippen LogP contribution in [0.15, 0.2) is 23.4 Å². The van der Waals surface area contributed by atoms with Crippen molar-refractivity contribution in [2.24, 2.45) is 5.16 Å². The summed E-state index contributed by atoms with van der Waals surface area (Å²) >= 11 is 7.54. The maximum Gasteiger partial charge on any atom is 0.165 e. The van der Waals surface area contributed by atoms with E-state index in [4.69, 9.17) is 25.9 Å². The van der Waals surface area contributed by atoms with E-state index >= 15 is 0 Å². The molecule has 1 atom stereocenters. The Morgan fingerprint density at radius 2 is 2.29 bits per heavy atom. The third kappa shape index (κ3) is 3.98. The van der Waals surface area contributed by atoms with Gasteiger partial charge >= 0.3 is 0 Å². The summed E-state index contributed by atoms with van der Waals surface area (Å²) in [5.41, 5.74) is 0.712. The lowest BCUT2D eigenvalue weighted by Gasteiger charge is -2.16. The minimum Gasteiger partial charge on any atom is -0.493 e. The molecule has 1 aromatic carbocycles. The molecule has 0 aromatic heterocycles. The Hall–Kier alpha value is -1.07. The molecule has 0 saturated carbocycles. The van der Waals surface area contributed by atoms with Gasteiger partial charge in [0, 0.05) is 17.7 Å². The summed E-state index contributed by atoms with van der Waals surface area (Å²) in [4.78, 5) is 5.39. The number of para-hydroxylation sites is 1. The van der Waals surface area contributed by atoms with Gasteiger partial charge in [-0.15, -0.1) is 23.4 Å². The van der Waals surface area contributed by atoms with Gasteiger partial charge in [-0.1, -0.05) is 17.3 Å². The largest absolute Gasteiger partial charge is 0.493 e. The molecule has 0 amide bonds. The van der Waals surface area contributed by atoms with Crippen LogP contribution in [0, 0.1) is 0 Å². The Morgan fingerprint density at radius 1 is 1.48 bits per heavy atom. The predicted octanol–water partition coefficient (Wildman–Crippen LogP) is 4.06. The van der Waals surface area contributed by atoms with Crippen molar-refractivity contribution in [3.05, 3.63) is 23.8 Å². The molecular weight excluding hydrogens is 310 g/mol. The van der Waals surface area contributed by atoms with Crippen LogP contribution in [0.25, 0.3) is 0 Å². The Bertz CT molecular complexity index is 524. The van der Waals surface area contributed by atoms with E-state index in [0.29, 0.717) is 12.5 Å². The average molecular weight is 330 g/mol. The highest BCUT2D eigenvalue weighted by atomic mass is 35.5. The smallest absolute Gasteiger partial charge is 0.165 e. The number of alkyl halides is 1. The maximum atomic E-state index is 5.89. The first kappa shape index (κ1) is 16.3. The second-order valence-electron chi connectivity index (χ2n) is 5.01. The molecule has 0 saturated heterocycles. The fraction of sp³-hybridized carbons (Fsp3) is 0.533. The average Bonchev–Trinajstić information content (AvgIpc) is 2.89. The van der Waals surface area contributed by atoms with Crippen LogP contribution in [0.2, 0.25) is 0 Å². The molecule has 0 spiro atoms. The Kier molecular flexibility index (Phi) is 5.65. The van der Waals surface area contributed by atoms with Crippen LogP contribution in [0.4, 0.5) is 0 Å². The fourth-order valence-corrected chi connectivity index (χ4v) is 3.19. The third-order valence-electron chi connectivity index (χ3n) is 3.14. The van der Waals surface area contributed by atoms with Crippen LogP contribution in [-0.2, 0) is 10.6 Å². The number of hydrogen-bond acceptors (Lipinski definition) is 5. The van der Waals surface area contributed by atoms with Gasteiger partial charge in [0.05, 0.1) is 19.6 Å². The summed E-state index contributed by atoms with van der Waals surface area (Å²) in [6, 6.07) is 5.91. The minimum absolute atomic E-state index is 0.374. The number of benzene rings is 1. The molecule has 2 rings (SSSR count). The number of nitrogens with zero attached hydrogens (tertiary/aromatic N) is 1. The molecule has 0 radical (unpaired) electrons. The van der Waals surface area contributed by atoms with Crippen molar-refractivity contribution in [1.82, 2.24) is 0 Å². The SMILES string of the molecule is CCOc1c(CSC2=NOC(C)(CCl)C2)cccc1OC. The van der Waals surface area contributed by atoms with E-state index in [2.05, 4.69) is 5.16 Å². The van der Waals surface area contributed by atoms with Crippen molar-refractivity contribution in [3.63, 3.8) is 0 Å². The van der Waals surface area contributed by atoms with Crippen LogP contribution in [0.1, 0.15) is 25.8 Å². The van der Waals surface area contributed by atoms with Gasteiger partial charge in [0.25, 0.3) is 0 Å². The van der Waals surface area contributed by atoms with Crippen LogP contribution < -0.4 is 9.47 Å². The maximum absolute atomic E-state index is 5.89. The number of thioether (sulfide) groups is 1. The van der Waals surface area contributed by atoms with Crippen molar-refractivity contribution < 1.29 is 14.3 Å². The zero-order valence-corrected chi connectivity index (χ0v) is 14.1. The third-order valence-corrected chi connectivity index (χ3v) is 4.71. The molecule has 0 fully saturated rings. The highest BCUT2D eigenvalue weighted by Crippen LogP contribution is 2.36. The summed E-state index contributed by atoms with van der Waals surface area (Å²) in [6.45, 7) is 4.53. The number of oxime groups is 1. The molecule has 6 heteroatoms. The van der Waals surface area contributed by atoms with E-state index < -0.39 is 0 Å². The van der Waals surface area contributed by atoms with Gasteiger partial charge in [-0.2, -0.15) is 0 Å². The van der Waals surface area contributed by atoms with Crippen molar-refractivity contribution in [3.8, 4) is 11.5 Å². The van der Waals surface area contributed by atoms with Gasteiger partial charge in [0.1, 0.15) is 5.04 Å². The van der Waals surface area contributed by atoms with Crippen molar-refractivity contribution in [2.75, 3.05) is 19.6 Å². The van der Waals surface area contributed by atoms with E-state index in [9.17, 15) is 0 Å². The fourth-order valence-electron chi connectivity index (χ4n) is 2.00. The summed E-state index contributed by atoms with van der Waals surface area (Å²) in [7, 11) is 1.65. The molecule has 1 heterocycles. The second kappa shape index (κ2) is 7.27. The number of halogens is 1. The molecule has 0 aliphatic carbocycles. The predicted molar refractivity (Wildman–Crippen MR) is 87.7 cm³/mol. The van der Waals surface area contributed by atoms with E-state index in [-0.39, 0.29) is 5.60 Å². The molecule has 21 heavy (non-hydrogen) atoms. The second-order valence-corrected chi connectivity index (χ2v) is 6.32. The molecule has 4 nitrogen and oxygen atoms in total.